The maximum atomic E-state index is 13.0. The van der Waals surface area contributed by atoms with Crippen LogP contribution in [0.4, 0.5) is 0 Å². The molecular weight excluding hydrogens is 768 g/mol. The maximum Gasteiger partial charge on any atom is 0.331 e. The molecule has 2 saturated heterocycles. The zero-order valence-corrected chi connectivity index (χ0v) is 30.7. The molecule has 2 fully saturated rings. The quantitative estimate of drug-likeness (QED) is 0.0590. The standard InChI is InChI=1S/C40H42O18/c1-52-28-18-24(6-14-27(28)44)9-16-32(46)53-19-29-34(48)36(50)37(51)39(55-29)58-40(21-41)38(56-33(47)17-8-23-4-12-26(43)13-5-23)35(49)30(57-40)20-54-31(45)15-7-22-2-10-25(42)11-3-22/h2-18,29-30,34-39,41-44,48-51H,19-21H2,1H3/b15-7+,16-9+,17-8+/t29-,30-,34+,35-,36+,37-,38+,39-,40+/m1/s1. The fourth-order valence-electron chi connectivity index (χ4n) is 5.80. The molecule has 0 aromatic heterocycles. The molecule has 3 aromatic carbocycles. The molecule has 58 heavy (non-hydrogen) atoms. The van der Waals surface area contributed by atoms with E-state index in [9.17, 15) is 55.2 Å². The molecule has 3 aromatic rings. The first kappa shape index (κ1) is 43.3. The van der Waals surface area contributed by atoms with Crippen LogP contribution >= 0.6 is 0 Å². The number of hydrogen-bond acceptors (Lipinski definition) is 18. The fourth-order valence-corrected chi connectivity index (χ4v) is 5.80. The summed E-state index contributed by atoms with van der Waals surface area (Å²) >= 11 is 0. The van der Waals surface area contributed by atoms with Crippen molar-refractivity contribution < 1.29 is 88.4 Å². The van der Waals surface area contributed by atoms with Gasteiger partial charge in [0.05, 0.1) is 7.11 Å². The predicted octanol–water partition coefficient (Wildman–Crippen LogP) is 0.523. The molecule has 0 saturated carbocycles. The summed E-state index contributed by atoms with van der Waals surface area (Å²) in [4.78, 5) is 38.1. The molecule has 0 spiro atoms. The Balaban J connectivity index is 1.31. The Morgan fingerprint density at radius 3 is 1.74 bits per heavy atom. The van der Waals surface area contributed by atoms with E-state index >= 15 is 0 Å². The largest absolute Gasteiger partial charge is 0.508 e. The van der Waals surface area contributed by atoms with E-state index in [1.165, 1.54) is 92.1 Å². The third-order valence-corrected chi connectivity index (χ3v) is 8.93. The van der Waals surface area contributed by atoms with E-state index in [4.69, 9.17) is 33.2 Å². The third-order valence-electron chi connectivity index (χ3n) is 8.93. The van der Waals surface area contributed by atoms with E-state index in [1.807, 2.05) is 0 Å². The summed E-state index contributed by atoms with van der Waals surface area (Å²) in [5.41, 5.74) is 1.48. The highest BCUT2D eigenvalue weighted by molar-refractivity contribution is 5.88. The lowest BCUT2D eigenvalue weighted by atomic mass is 9.98. The van der Waals surface area contributed by atoms with Crippen molar-refractivity contribution >= 4 is 36.1 Å². The van der Waals surface area contributed by atoms with Crippen molar-refractivity contribution in [1.29, 1.82) is 0 Å². The first-order valence-electron chi connectivity index (χ1n) is 17.6. The summed E-state index contributed by atoms with van der Waals surface area (Å²) in [6.07, 6.45) is -7.64. The second-order valence-corrected chi connectivity index (χ2v) is 13.0. The molecule has 9 atom stereocenters. The van der Waals surface area contributed by atoms with Gasteiger partial charge in [0.1, 0.15) is 67.9 Å². The van der Waals surface area contributed by atoms with Crippen molar-refractivity contribution in [2.75, 3.05) is 26.9 Å². The van der Waals surface area contributed by atoms with E-state index < -0.39 is 92.5 Å². The molecule has 0 aliphatic carbocycles. The second-order valence-electron chi connectivity index (χ2n) is 13.0. The summed E-state index contributed by atoms with van der Waals surface area (Å²) in [7, 11) is 1.35. The average Bonchev–Trinajstić information content (AvgIpc) is 3.47. The van der Waals surface area contributed by atoms with Crippen molar-refractivity contribution in [3.63, 3.8) is 0 Å². The number of carbonyl (C=O) groups is 3. The van der Waals surface area contributed by atoms with Gasteiger partial charge < -0.3 is 74.0 Å². The van der Waals surface area contributed by atoms with Crippen LogP contribution in [-0.2, 0) is 42.8 Å². The Labute approximate surface area is 330 Å². The smallest absolute Gasteiger partial charge is 0.331 e. The van der Waals surface area contributed by atoms with Gasteiger partial charge in [-0.25, -0.2) is 14.4 Å². The highest BCUT2D eigenvalue weighted by Gasteiger charge is 2.61. The molecule has 18 nitrogen and oxygen atoms in total. The van der Waals surface area contributed by atoms with Crippen molar-refractivity contribution in [2.24, 2.45) is 0 Å². The number of aromatic hydroxyl groups is 3. The third kappa shape index (κ3) is 11.0. The van der Waals surface area contributed by atoms with Gasteiger partial charge in [-0.3, -0.25) is 0 Å². The number of hydrogen-bond donors (Lipinski definition) is 8. The van der Waals surface area contributed by atoms with Gasteiger partial charge in [0, 0.05) is 18.2 Å². The average molecular weight is 811 g/mol. The lowest BCUT2D eigenvalue weighted by Crippen LogP contribution is -2.63. The van der Waals surface area contributed by atoms with Crippen molar-refractivity contribution in [3.8, 4) is 23.0 Å². The number of esters is 3. The van der Waals surface area contributed by atoms with Crippen LogP contribution in [-0.4, -0.2) is 140 Å². The highest BCUT2D eigenvalue weighted by Crippen LogP contribution is 2.38. The molecule has 2 heterocycles. The van der Waals surface area contributed by atoms with Gasteiger partial charge in [-0.15, -0.1) is 0 Å². The Bertz CT molecular complexity index is 1960. The molecule has 0 amide bonds. The van der Waals surface area contributed by atoms with Gasteiger partial charge >= 0.3 is 17.9 Å². The minimum Gasteiger partial charge on any atom is -0.508 e. The minimum atomic E-state index is -2.57. The van der Waals surface area contributed by atoms with Gasteiger partial charge in [0.15, 0.2) is 23.9 Å². The molecule has 0 bridgehead atoms. The number of carbonyl (C=O) groups excluding carboxylic acids is 3. The van der Waals surface area contributed by atoms with E-state index in [1.54, 1.807) is 0 Å². The summed E-state index contributed by atoms with van der Waals surface area (Å²) in [5, 5.41) is 83.1. The predicted molar refractivity (Wildman–Crippen MR) is 198 cm³/mol. The van der Waals surface area contributed by atoms with Crippen molar-refractivity contribution in [2.45, 2.75) is 54.8 Å². The Morgan fingerprint density at radius 1 is 0.672 bits per heavy atom. The number of methoxy groups -OCH3 is 1. The normalized spacial score (nSPS) is 27.2. The Hall–Kier alpha value is -5.83. The van der Waals surface area contributed by atoms with Gasteiger partial charge in [-0.05, 0) is 71.3 Å². The number of benzene rings is 3. The summed E-state index contributed by atoms with van der Waals surface area (Å²) < 4.78 is 38.3. The molecule has 5 rings (SSSR count). The van der Waals surface area contributed by atoms with E-state index in [2.05, 4.69) is 0 Å². The number of aliphatic hydroxyl groups is 5. The second kappa shape index (κ2) is 19.5. The molecule has 2 aliphatic rings. The van der Waals surface area contributed by atoms with Crippen LogP contribution in [0.5, 0.6) is 23.0 Å². The molecule has 8 N–H and O–H groups in total. The van der Waals surface area contributed by atoms with Gasteiger partial charge in [0.25, 0.3) is 0 Å². The monoisotopic (exact) mass is 810 g/mol. The highest BCUT2D eigenvalue weighted by atomic mass is 16.8. The maximum absolute atomic E-state index is 13.0. The number of aliphatic hydroxyl groups excluding tert-OH is 5. The number of phenolic OH excluding ortho intramolecular Hbond substituents is 3. The van der Waals surface area contributed by atoms with Crippen LogP contribution in [0.1, 0.15) is 16.7 Å². The molecule has 18 heteroatoms. The zero-order chi connectivity index (χ0) is 42.0. The van der Waals surface area contributed by atoms with Crippen LogP contribution in [0.2, 0.25) is 0 Å². The Kier molecular flexibility index (Phi) is 14.6. The fraction of sp³-hybridized carbons (Fsp3) is 0.325. The van der Waals surface area contributed by atoms with Crippen molar-refractivity contribution in [3.05, 3.63) is 102 Å². The van der Waals surface area contributed by atoms with Crippen molar-refractivity contribution in [1.82, 2.24) is 0 Å². The van der Waals surface area contributed by atoms with Crippen LogP contribution < -0.4 is 4.74 Å². The van der Waals surface area contributed by atoms with Crippen LogP contribution in [0.15, 0.2) is 85.0 Å². The minimum absolute atomic E-state index is 0.0149. The van der Waals surface area contributed by atoms with Gasteiger partial charge in [0.2, 0.25) is 5.79 Å². The van der Waals surface area contributed by atoms with Gasteiger partial charge in [-0.2, -0.15) is 0 Å². The summed E-state index contributed by atoms with van der Waals surface area (Å²) in [6, 6.07) is 15.9. The van der Waals surface area contributed by atoms with E-state index in [0.29, 0.717) is 16.7 Å². The molecular formula is C40H42O18. The van der Waals surface area contributed by atoms with Gasteiger partial charge in [-0.1, -0.05) is 30.3 Å². The summed E-state index contributed by atoms with van der Waals surface area (Å²) in [5.74, 6) is -5.43. The number of ether oxygens (including phenoxy) is 7. The first-order chi connectivity index (χ1) is 27.7. The topological polar surface area (TPSA) is 278 Å². The molecule has 0 unspecified atom stereocenters. The first-order valence-corrected chi connectivity index (χ1v) is 17.6. The molecule has 0 radical (unpaired) electrons. The Morgan fingerprint density at radius 2 is 1.19 bits per heavy atom. The lowest BCUT2D eigenvalue weighted by Gasteiger charge is -2.43. The molecule has 2 aliphatic heterocycles. The summed E-state index contributed by atoms with van der Waals surface area (Å²) in [6.45, 7) is -2.56. The van der Waals surface area contributed by atoms with E-state index in [-0.39, 0.29) is 23.0 Å². The number of phenols is 3. The van der Waals surface area contributed by atoms with Crippen LogP contribution in [0, 0.1) is 0 Å². The number of rotatable bonds is 15. The van der Waals surface area contributed by atoms with E-state index in [0.717, 1.165) is 18.2 Å². The zero-order valence-electron chi connectivity index (χ0n) is 30.7. The SMILES string of the molecule is COc1cc(/C=C/C(=O)OC[C@H]2O[C@H](O[C@]3(CO)O[C@H](COC(=O)/C=C/c4ccc(O)cc4)[C@@H](O)[C@@H]3OC(=O)/C=C/c3ccc(O)cc3)[C@H](O)[C@@H](O)[C@H]2O)ccc1O. The van der Waals surface area contributed by atoms with Crippen LogP contribution in [0.25, 0.3) is 18.2 Å². The lowest BCUT2D eigenvalue weighted by molar-refractivity contribution is -0.383. The van der Waals surface area contributed by atoms with Crippen LogP contribution in [0.3, 0.4) is 0 Å². The molecule has 310 valence electrons.